The molecule has 1 atom stereocenters. The molecule has 5 heteroatoms. The average molecular weight is 294 g/mol. The predicted octanol–water partition coefficient (Wildman–Crippen LogP) is 3.06. The van der Waals surface area contributed by atoms with Gasteiger partial charge in [-0.2, -0.15) is 0 Å². The zero-order valence-electron chi connectivity index (χ0n) is 11.9. The molecule has 0 saturated carbocycles. The molecular weight excluding hydrogens is 275 g/mol. The molecule has 0 bridgehead atoms. The van der Waals surface area contributed by atoms with Gasteiger partial charge in [0.1, 0.15) is 5.82 Å². The monoisotopic (exact) mass is 294 g/mol. The van der Waals surface area contributed by atoms with E-state index in [0.717, 1.165) is 21.8 Å². The van der Waals surface area contributed by atoms with Gasteiger partial charge in [-0.05, 0) is 44.2 Å². The Hall–Kier alpha value is -1.30. The molecule has 1 aromatic carbocycles. The van der Waals surface area contributed by atoms with Crippen LogP contribution in [0.25, 0.3) is 0 Å². The van der Waals surface area contributed by atoms with Crippen LogP contribution >= 0.6 is 11.3 Å². The number of benzene rings is 1. The molecule has 20 heavy (non-hydrogen) atoms. The van der Waals surface area contributed by atoms with Gasteiger partial charge < -0.3 is 5.11 Å². The summed E-state index contributed by atoms with van der Waals surface area (Å²) in [5.41, 5.74) is 2.56. The number of aryl methyl sites for hydroxylation is 2. The first-order valence-corrected chi connectivity index (χ1v) is 7.37. The quantitative estimate of drug-likeness (QED) is 0.920. The van der Waals surface area contributed by atoms with Gasteiger partial charge >= 0.3 is 0 Å². The Morgan fingerprint density at radius 2 is 2.15 bits per heavy atom. The molecule has 0 aliphatic carbocycles. The highest BCUT2D eigenvalue weighted by molar-refractivity contribution is 7.09. The van der Waals surface area contributed by atoms with Crippen molar-refractivity contribution < 1.29 is 9.50 Å². The molecule has 0 aliphatic rings. The van der Waals surface area contributed by atoms with E-state index in [2.05, 4.69) is 4.98 Å². The molecule has 2 rings (SSSR count). The molecule has 1 heterocycles. The summed E-state index contributed by atoms with van der Waals surface area (Å²) in [4.78, 5) is 6.42. The van der Waals surface area contributed by atoms with Gasteiger partial charge in [-0.1, -0.05) is 6.07 Å². The van der Waals surface area contributed by atoms with Crippen molar-refractivity contribution in [2.24, 2.45) is 0 Å². The highest BCUT2D eigenvalue weighted by Crippen LogP contribution is 2.20. The van der Waals surface area contributed by atoms with Gasteiger partial charge in [0.2, 0.25) is 0 Å². The maximum atomic E-state index is 13.1. The van der Waals surface area contributed by atoms with Gasteiger partial charge in [-0.3, -0.25) is 4.90 Å². The van der Waals surface area contributed by atoms with Crippen LogP contribution in [-0.2, 0) is 6.54 Å². The van der Waals surface area contributed by atoms with E-state index in [1.54, 1.807) is 17.4 Å². The van der Waals surface area contributed by atoms with Crippen molar-refractivity contribution in [3.8, 4) is 0 Å². The lowest BCUT2D eigenvalue weighted by molar-refractivity contribution is 0.122. The number of hydrogen-bond acceptors (Lipinski definition) is 4. The van der Waals surface area contributed by atoms with Crippen LogP contribution in [0.2, 0.25) is 0 Å². The van der Waals surface area contributed by atoms with E-state index < -0.39 is 6.10 Å². The van der Waals surface area contributed by atoms with Crippen LogP contribution in [-0.4, -0.2) is 28.6 Å². The third-order valence-electron chi connectivity index (χ3n) is 3.17. The second kappa shape index (κ2) is 6.43. The minimum absolute atomic E-state index is 0.273. The molecule has 1 aromatic heterocycles. The van der Waals surface area contributed by atoms with Gasteiger partial charge in [0.25, 0.3) is 0 Å². The SMILES string of the molecule is Cc1nc(CN(C)CC(O)c2ccc(F)cc2C)cs1. The Morgan fingerprint density at radius 1 is 1.40 bits per heavy atom. The topological polar surface area (TPSA) is 36.4 Å². The van der Waals surface area contributed by atoms with Crippen LogP contribution in [0.3, 0.4) is 0 Å². The van der Waals surface area contributed by atoms with Crippen LogP contribution in [0.5, 0.6) is 0 Å². The number of hydrogen-bond donors (Lipinski definition) is 1. The fourth-order valence-electron chi connectivity index (χ4n) is 2.23. The smallest absolute Gasteiger partial charge is 0.123 e. The fourth-order valence-corrected chi connectivity index (χ4v) is 2.83. The van der Waals surface area contributed by atoms with E-state index >= 15 is 0 Å². The standard InChI is InChI=1S/C15H19FN2OS/c1-10-6-12(16)4-5-14(10)15(19)8-18(3)7-13-9-20-11(2)17-13/h4-6,9,15,19H,7-8H2,1-3H3. The Labute approximate surface area is 122 Å². The summed E-state index contributed by atoms with van der Waals surface area (Å²) in [6, 6.07) is 4.48. The molecule has 3 nitrogen and oxygen atoms in total. The van der Waals surface area contributed by atoms with Crippen LogP contribution in [0.15, 0.2) is 23.6 Å². The lowest BCUT2D eigenvalue weighted by atomic mass is 10.0. The number of aromatic nitrogens is 1. The predicted molar refractivity (Wildman–Crippen MR) is 79.3 cm³/mol. The minimum atomic E-state index is -0.625. The summed E-state index contributed by atoms with van der Waals surface area (Å²) in [7, 11) is 1.94. The molecule has 0 radical (unpaired) electrons. The normalized spacial score (nSPS) is 12.9. The summed E-state index contributed by atoms with van der Waals surface area (Å²) >= 11 is 1.62. The first-order chi connectivity index (χ1) is 9.45. The first-order valence-electron chi connectivity index (χ1n) is 6.49. The second-order valence-corrected chi connectivity index (χ2v) is 6.13. The van der Waals surface area contributed by atoms with E-state index in [1.807, 2.05) is 31.2 Å². The Balaban J connectivity index is 1.98. The maximum absolute atomic E-state index is 13.1. The van der Waals surface area contributed by atoms with E-state index in [-0.39, 0.29) is 5.82 Å². The van der Waals surface area contributed by atoms with Gasteiger partial charge in [0, 0.05) is 18.5 Å². The molecular formula is C15H19FN2OS. The van der Waals surface area contributed by atoms with Crippen LogP contribution < -0.4 is 0 Å². The molecule has 1 unspecified atom stereocenters. The summed E-state index contributed by atoms with van der Waals surface area (Å²) in [6.07, 6.45) is -0.625. The van der Waals surface area contributed by atoms with Crippen molar-refractivity contribution in [1.29, 1.82) is 0 Å². The van der Waals surface area contributed by atoms with Crippen molar-refractivity contribution in [3.05, 3.63) is 51.2 Å². The molecule has 0 saturated heterocycles. The number of thiazole rings is 1. The van der Waals surface area contributed by atoms with Crippen molar-refractivity contribution in [1.82, 2.24) is 9.88 Å². The highest BCUT2D eigenvalue weighted by Gasteiger charge is 2.14. The van der Waals surface area contributed by atoms with E-state index in [1.165, 1.54) is 12.1 Å². The molecule has 0 spiro atoms. The van der Waals surface area contributed by atoms with E-state index in [9.17, 15) is 9.50 Å². The van der Waals surface area contributed by atoms with Crippen molar-refractivity contribution in [2.45, 2.75) is 26.5 Å². The van der Waals surface area contributed by atoms with Crippen LogP contribution in [0.1, 0.15) is 27.9 Å². The summed E-state index contributed by atoms with van der Waals surface area (Å²) in [5.74, 6) is -0.273. The van der Waals surface area contributed by atoms with Gasteiger partial charge in [-0.25, -0.2) is 9.37 Å². The molecule has 0 aliphatic heterocycles. The number of likely N-dealkylation sites (N-methyl/N-ethyl adjacent to an activating group) is 1. The number of halogens is 1. The summed E-state index contributed by atoms with van der Waals surface area (Å²) in [5, 5.41) is 13.3. The number of nitrogens with zero attached hydrogens (tertiary/aromatic N) is 2. The van der Waals surface area contributed by atoms with Crippen molar-refractivity contribution in [2.75, 3.05) is 13.6 Å². The highest BCUT2D eigenvalue weighted by atomic mass is 32.1. The number of aliphatic hydroxyl groups excluding tert-OH is 1. The van der Waals surface area contributed by atoms with Gasteiger partial charge in [0.15, 0.2) is 0 Å². The molecule has 108 valence electrons. The lowest BCUT2D eigenvalue weighted by Gasteiger charge is -2.21. The largest absolute Gasteiger partial charge is 0.387 e. The Morgan fingerprint density at radius 3 is 2.75 bits per heavy atom. The van der Waals surface area contributed by atoms with Gasteiger partial charge in [-0.15, -0.1) is 11.3 Å². The fraction of sp³-hybridized carbons (Fsp3) is 0.400. The Bertz CT molecular complexity index is 585. The Kier molecular flexibility index (Phi) is 4.86. The van der Waals surface area contributed by atoms with E-state index in [4.69, 9.17) is 0 Å². The zero-order valence-corrected chi connectivity index (χ0v) is 12.7. The molecule has 0 fully saturated rings. The molecule has 1 N–H and O–H groups in total. The number of rotatable bonds is 5. The van der Waals surface area contributed by atoms with Gasteiger partial charge in [0.05, 0.1) is 16.8 Å². The van der Waals surface area contributed by atoms with Crippen molar-refractivity contribution >= 4 is 11.3 Å². The number of aliphatic hydroxyl groups is 1. The molecule has 0 amide bonds. The third kappa shape index (κ3) is 3.85. The minimum Gasteiger partial charge on any atom is -0.387 e. The van der Waals surface area contributed by atoms with Crippen LogP contribution in [0, 0.1) is 19.7 Å². The maximum Gasteiger partial charge on any atom is 0.123 e. The zero-order chi connectivity index (χ0) is 14.7. The lowest BCUT2D eigenvalue weighted by Crippen LogP contribution is -2.24. The summed E-state index contributed by atoms with van der Waals surface area (Å²) in [6.45, 7) is 4.97. The first kappa shape index (κ1) is 15.1. The second-order valence-electron chi connectivity index (χ2n) is 5.07. The average Bonchev–Trinajstić information content (AvgIpc) is 2.74. The van der Waals surface area contributed by atoms with Crippen LogP contribution in [0.4, 0.5) is 4.39 Å². The third-order valence-corrected chi connectivity index (χ3v) is 4.00. The summed E-state index contributed by atoms with van der Waals surface area (Å²) < 4.78 is 13.1. The van der Waals surface area contributed by atoms with Crippen molar-refractivity contribution in [3.63, 3.8) is 0 Å². The molecule has 2 aromatic rings. The van der Waals surface area contributed by atoms with E-state index in [0.29, 0.717) is 13.1 Å².